The molecule has 0 fully saturated rings. The van der Waals surface area contributed by atoms with E-state index >= 15 is 0 Å². The summed E-state index contributed by atoms with van der Waals surface area (Å²) in [5, 5.41) is 0. The lowest BCUT2D eigenvalue weighted by molar-refractivity contribution is 0.0725. The molecule has 0 atom stereocenters. The molecule has 20 heavy (non-hydrogen) atoms. The number of halogens is 2. The van der Waals surface area contributed by atoms with E-state index in [2.05, 4.69) is 20.9 Å². The number of benzene rings is 1. The second-order valence-corrected chi connectivity index (χ2v) is 5.67. The molecular formula is C15H12BrFN2O. The number of rotatable bonds is 2. The van der Waals surface area contributed by atoms with E-state index in [9.17, 15) is 9.18 Å². The van der Waals surface area contributed by atoms with E-state index in [1.807, 2.05) is 6.07 Å². The SMILES string of the molecule is O=C1c2cc(Br)cnc2CCN1Cc1ccc(F)cc1. The topological polar surface area (TPSA) is 33.2 Å². The molecule has 0 radical (unpaired) electrons. The van der Waals surface area contributed by atoms with Gasteiger partial charge in [-0.25, -0.2) is 4.39 Å². The molecule has 0 saturated carbocycles. The molecule has 1 amide bonds. The van der Waals surface area contributed by atoms with Gasteiger partial charge in [-0.2, -0.15) is 0 Å². The molecule has 0 unspecified atom stereocenters. The van der Waals surface area contributed by atoms with Crippen molar-refractivity contribution in [2.75, 3.05) is 6.54 Å². The lowest BCUT2D eigenvalue weighted by Gasteiger charge is -2.28. The third-order valence-corrected chi connectivity index (χ3v) is 3.79. The van der Waals surface area contributed by atoms with Gasteiger partial charge in [0.25, 0.3) is 5.91 Å². The van der Waals surface area contributed by atoms with Gasteiger partial charge >= 0.3 is 0 Å². The highest BCUT2D eigenvalue weighted by Gasteiger charge is 2.25. The summed E-state index contributed by atoms with van der Waals surface area (Å²) < 4.78 is 13.7. The average Bonchev–Trinajstić information content (AvgIpc) is 2.45. The fourth-order valence-corrected chi connectivity index (χ4v) is 2.66. The van der Waals surface area contributed by atoms with Crippen LogP contribution in [-0.4, -0.2) is 22.3 Å². The van der Waals surface area contributed by atoms with Crippen LogP contribution >= 0.6 is 15.9 Å². The van der Waals surface area contributed by atoms with Crippen LogP contribution in [0, 0.1) is 5.82 Å². The molecule has 3 rings (SSSR count). The standard InChI is InChI=1S/C15H12BrFN2O/c16-11-7-13-14(18-8-11)5-6-19(15(13)20)9-10-1-3-12(17)4-2-10/h1-4,7-8H,5-6,9H2. The largest absolute Gasteiger partial charge is 0.334 e. The second kappa shape index (κ2) is 5.32. The van der Waals surface area contributed by atoms with E-state index in [4.69, 9.17) is 0 Å². The number of amides is 1. The first-order valence-electron chi connectivity index (χ1n) is 6.31. The van der Waals surface area contributed by atoms with Crippen LogP contribution in [0.15, 0.2) is 41.0 Å². The number of hydrogen-bond donors (Lipinski definition) is 0. The minimum Gasteiger partial charge on any atom is -0.334 e. The number of carbonyl (C=O) groups is 1. The van der Waals surface area contributed by atoms with Gasteiger partial charge in [0.1, 0.15) is 5.82 Å². The molecule has 0 aliphatic carbocycles. The molecule has 0 N–H and O–H groups in total. The Morgan fingerprint density at radius 1 is 1.30 bits per heavy atom. The van der Waals surface area contributed by atoms with Crippen LogP contribution in [0.5, 0.6) is 0 Å². The van der Waals surface area contributed by atoms with E-state index in [-0.39, 0.29) is 11.7 Å². The summed E-state index contributed by atoms with van der Waals surface area (Å²) >= 11 is 3.34. The number of carbonyl (C=O) groups excluding carboxylic acids is 1. The molecule has 102 valence electrons. The molecule has 0 spiro atoms. The average molecular weight is 335 g/mol. The predicted molar refractivity (Wildman–Crippen MR) is 76.8 cm³/mol. The predicted octanol–water partition coefficient (Wildman–Crippen LogP) is 3.18. The van der Waals surface area contributed by atoms with Crippen LogP contribution in [0.1, 0.15) is 21.6 Å². The van der Waals surface area contributed by atoms with Gasteiger partial charge in [0.2, 0.25) is 0 Å². The highest BCUT2D eigenvalue weighted by molar-refractivity contribution is 9.10. The van der Waals surface area contributed by atoms with Crippen molar-refractivity contribution in [3.8, 4) is 0 Å². The molecule has 2 heterocycles. The summed E-state index contributed by atoms with van der Waals surface area (Å²) in [5.41, 5.74) is 2.41. The van der Waals surface area contributed by atoms with Crippen LogP contribution in [-0.2, 0) is 13.0 Å². The van der Waals surface area contributed by atoms with Gasteiger partial charge in [0, 0.05) is 30.2 Å². The maximum absolute atomic E-state index is 12.9. The van der Waals surface area contributed by atoms with Crippen molar-refractivity contribution in [1.82, 2.24) is 9.88 Å². The minimum atomic E-state index is -0.266. The molecule has 1 aliphatic heterocycles. The minimum absolute atomic E-state index is 0.0237. The number of pyridine rings is 1. The molecular weight excluding hydrogens is 323 g/mol. The summed E-state index contributed by atoms with van der Waals surface area (Å²) in [5.74, 6) is -0.290. The number of nitrogens with zero attached hydrogens (tertiary/aromatic N) is 2. The van der Waals surface area contributed by atoms with Gasteiger partial charge in [0.15, 0.2) is 0 Å². The molecule has 1 aromatic carbocycles. The van der Waals surface area contributed by atoms with Crippen LogP contribution in [0.2, 0.25) is 0 Å². The van der Waals surface area contributed by atoms with E-state index in [0.29, 0.717) is 18.7 Å². The molecule has 2 aromatic rings. The van der Waals surface area contributed by atoms with E-state index in [0.717, 1.165) is 22.2 Å². The molecule has 0 bridgehead atoms. The normalized spacial score (nSPS) is 14.3. The molecule has 0 saturated heterocycles. The van der Waals surface area contributed by atoms with E-state index in [1.54, 1.807) is 23.2 Å². The van der Waals surface area contributed by atoms with Crippen LogP contribution in [0.4, 0.5) is 4.39 Å². The van der Waals surface area contributed by atoms with Gasteiger partial charge in [0.05, 0.1) is 11.3 Å². The Bertz CT molecular complexity index is 657. The van der Waals surface area contributed by atoms with Crippen molar-refractivity contribution < 1.29 is 9.18 Å². The van der Waals surface area contributed by atoms with Gasteiger partial charge in [-0.3, -0.25) is 9.78 Å². The van der Waals surface area contributed by atoms with Crippen LogP contribution in [0.3, 0.4) is 0 Å². The lowest BCUT2D eigenvalue weighted by Crippen LogP contribution is -2.37. The Kier molecular flexibility index (Phi) is 3.53. The maximum atomic E-state index is 12.9. The zero-order valence-corrected chi connectivity index (χ0v) is 12.2. The van der Waals surface area contributed by atoms with Crippen molar-refractivity contribution >= 4 is 21.8 Å². The quantitative estimate of drug-likeness (QED) is 0.845. The van der Waals surface area contributed by atoms with Gasteiger partial charge < -0.3 is 4.90 Å². The van der Waals surface area contributed by atoms with E-state index in [1.165, 1.54) is 12.1 Å². The first kappa shape index (κ1) is 13.2. The molecule has 1 aromatic heterocycles. The number of aromatic nitrogens is 1. The van der Waals surface area contributed by atoms with Crippen molar-refractivity contribution in [3.63, 3.8) is 0 Å². The Morgan fingerprint density at radius 2 is 2.05 bits per heavy atom. The smallest absolute Gasteiger partial charge is 0.256 e. The molecule has 5 heteroatoms. The Hall–Kier alpha value is -1.75. The molecule has 1 aliphatic rings. The lowest BCUT2D eigenvalue weighted by atomic mass is 10.0. The zero-order valence-electron chi connectivity index (χ0n) is 10.6. The van der Waals surface area contributed by atoms with Crippen molar-refractivity contribution in [3.05, 3.63) is 63.6 Å². The van der Waals surface area contributed by atoms with Gasteiger partial charge in [-0.05, 0) is 39.7 Å². The molecule has 3 nitrogen and oxygen atoms in total. The van der Waals surface area contributed by atoms with E-state index < -0.39 is 0 Å². The van der Waals surface area contributed by atoms with Gasteiger partial charge in [-0.15, -0.1) is 0 Å². The Morgan fingerprint density at radius 3 is 2.80 bits per heavy atom. The summed E-state index contributed by atoms with van der Waals surface area (Å²) in [4.78, 5) is 18.5. The fourth-order valence-electron chi connectivity index (χ4n) is 2.33. The summed E-state index contributed by atoms with van der Waals surface area (Å²) in [6.07, 6.45) is 2.46. The van der Waals surface area contributed by atoms with Crippen LogP contribution in [0.25, 0.3) is 0 Å². The number of fused-ring (bicyclic) bond motifs is 1. The number of hydrogen-bond acceptors (Lipinski definition) is 2. The van der Waals surface area contributed by atoms with Crippen molar-refractivity contribution in [2.24, 2.45) is 0 Å². The van der Waals surface area contributed by atoms with Crippen molar-refractivity contribution in [1.29, 1.82) is 0 Å². The van der Waals surface area contributed by atoms with Gasteiger partial charge in [-0.1, -0.05) is 12.1 Å². The third kappa shape index (κ3) is 2.58. The summed E-state index contributed by atoms with van der Waals surface area (Å²) in [6.45, 7) is 1.13. The maximum Gasteiger partial charge on any atom is 0.256 e. The fraction of sp³-hybridized carbons (Fsp3) is 0.200. The second-order valence-electron chi connectivity index (χ2n) is 4.75. The highest BCUT2D eigenvalue weighted by atomic mass is 79.9. The third-order valence-electron chi connectivity index (χ3n) is 3.36. The zero-order chi connectivity index (χ0) is 14.1. The summed E-state index contributed by atoms with van der Waals surface area (Å²) in [7, 11) is 0. The van der Waals surface area contributed by atoms with Crippen LogP contribution < -0.4 is 0 Å². The van der Waals surface area contributed by atoms with Crippen molar-refractivity contribution in [2.45, 2.75) is 13.0 Å². The Labute approximate surface area is 124 Å². The Balaban J connectivity index is 1.83. The first-order valence-corrected chi connectivity index (χ1v) is 7.11. The summed E-state index contributed by atoms with van der Waals surface area (Å²) in [6, 6.07) is 8.04. The first-order chi connectivity index (χ1) is 9.63. The highest BCUT2D eigenvalue weighted by Crippen LogP contribution is 2.22. The monoisotopic (exact) mass is 334 g/mol.